The van der Waals surface area contributed by atoms with E-state index in [1.165, 1.54) is 0 Å². The summed E-state index contributed by atoms with van der Waals surface area (Å²) in [7, 11) is 0. The summed E-state index contributed by atoms with van der Waals surface area (Å²) in [5, 5.41) is 0. The van der Waals surface area contributed by atoms with Crippen LogP contribution in [0.25, 0.3) is 0 Å². The molecule has 2 amide bonds. The van der Waals surface area contributed by atoms with Gasteiger partial charge in [0.2, 0.25) is 5.91 Å². The van der Waals surface area contributed by atoms with Gasteiger partial charge >= 0.3 is 6.09 Å². The fourth-order valence-corrected chi connectivity index (χ4v) is 3.06. The van der Waals surface area contributed by atoms with Gasteiger partial charge in [0.25, 0.3) is 0 Å². The van der Waals surface area contributed by atoms with E-state index in [0.29, 0.717) is 6.54 Å². The third-order valence-corrected chi connectivity index (χ3v) is 4.31. The molecule has 6 heteroatoms. The first-order chi connectivity index (χ1) is 10.3. The van der Waals surface area contributed by atoms with E-state index < -0.39 is 5.60 Å². The van der Waals surface area contributed by atoms with E-state index in [1.807, 2.05) is 30.6 Å². The van der Waals surface area contributed by atoms with Crippen molar-refractivity contribution in [2.75, 3.05) is 19.0 Å². The maximum atomic E-state index is 12.4. The van der Waals surface area contributed by atoms with Crippen molar-refractivity contribution in [3.8, 4) is 0 Å². The normalized spacial score (nSPS) is 22.4. The van der Waals surface area contributed by atoms with Crippen LogP contribution in [0.2, 0.25) is 0 Å². The maximum Gasteiger partial charge on any atom is 0.410 e. The Bertz CT molecular complexity index is 418. The smallest absolute Gasteiger partial charge is 0.410 e. The van der Waals surface area contributed by atoms with Crippen LogP contribution in [0, 0.1) is 0 Å². The number of hydrogen-bond acceptors (Lipinski definition) is 3. The van der Waals surface area contributed by atoms with Crippen molar-refractivity contribution in [3.63, 3.8) is 0 Å². The zero-order valence-corrected chi connectivity index (χ0v) is 14.6. The van der Waals surface area contributed by atoms with Gasteiger partial charge in [-0.2, -0.15) is 0 Å². The first-order valence-corrected chi connectivity index (χ1v) is 8.70. The molecule has 0 radical (unpaired) electrons. The number of hydrogen-bond donors (Lipinski definition) is 0. The van der Waals surface area contributed by atoms with Crippen molar-refractivity contribution < 1.29 is 14.3 Å². The summed E-state index contributed by atoms with van der Waals surface area (Å²) in [5.41, 5.74) is -0.498. The van der Waals surface area contributed by atoms with Crippen molar-refractivity contribution in [2.24, 2.45) is 0 Å². The monoisotopic (exact) mass is 330 g/mol. The summed E-state index contributed by atoms with van der Waals surface area (Å²) >= 11 is 5.72. The number of halogens is 1. The van der Waals surface area contributed by atoms with E-state index in [-0.39, 0.29) is 30.0 Å². The van der Waals surface area contributed by atoms with Gasteiger partial charge in [0.15, 0.2) is 0 Å². The van der Waals surface area contributed by atoms with E-state index in [4.69, 9.17) is 16.3 Å². The minimum Gasteiger partial charge on any atom is -0.444 e. The van der Waals surface area contributed by atoms with Crippen LogP contribution >= 0.6 is 11.6 Å². The van der Waals surface area contributed by atoms with E-state index in [1.54, 1.807) is 0 Å². The van der Waals surface area contributed by atoms with Gasteiger partial charge in [0.05, 0.1) is 0 Å². The van der Waals surface area contributed by atoms with Crippen LogP contribution in [0.4, 0.5) is 4.79 Å². The molecule has 0 unspecified atom stereocenters. The average Bonchev–Trinajstić information content (AvgIpc) is 3.26. The van der Waals surface area contributed by atoms with Crippen molar-refractivity contribution >= 4 is 23.6 Å². The number of likely N-dealkylation sites (tertiary alicyclic amines) is 1. The molecule has 1 heterocycles. The second-order valence-electron chi connectivity index (χ2n) is 7.23. The fraction of sp³-hybridized carbons (Fsp3) is 0.875. The number of carbonyl (C=O) groups is 2. The topological polar surface area (TPSA) is 49.9 Å². The molecule has 0 aromatic rings. The number of alkyl halides is 1. The Morgan fingerprint density at radius 1 is 1.23 bits per heavy atom. The number of piperidine rings is 1. The second-order valence-corrected chi connectivity index (χ2v) is 7.50. The van der Waals surface area contributed by atoms with E-state index in [9.17, 15) is 9.59 Å². The maximum absolute atomic E-state index is 12.4. The Balaban J connectivity index is 2.03. The molecule has 5 nitrogen and oxygen atoms in total. The zero-order valence-electron chi connectivity index (χ0n) is 13.8. The first kappa shape index (κ1) is 17.4. The summed E-state index contributed by atoms with van der Waals surface area (Å²) in [4.78, 5) is 28.1. The Morgan fingerprint density at radius 3 is 2.45 bits per heavy atom. The highest BCUT2D eigenvalue weighted by molar-refractivity contribution is 6.27. The molecule has 0 aromatic heterocycles. The molecule has 2 rings (SSSR count). The molecule has 0 aromatic carbocycles. The zero-order chi connectivity index (χ0) is 16.3. The van der Waals surface area contributed by atoms with Crippen LogP contribution in [0.1, 0.15) is 52.9 Å². The Morgan fingerprint density at radius 2 is 1.91 bits per heavy atom. The van der Waals surface area contributed by atoms with Crippen LogP contribution < -0.4 is 0 Å². The third-order valence-electron chi connectivity index (χ3n) is 4.08. The van der Waals surface area contributed by atoms with Crippen molar-refractivity contribution in [3.05, 3.63) is 0 Å². The SMILES string of the molecule is CC(C)(C)OC(=O)N(C[C@H]1CCCCN1C(=O)CCl)C1CC1. The predicted octanol–water partition coefficient (Wildman–Crippen LogP) is 3.01. The lowest BCUT2D eigenvalue weighted by Gasteiger charge is -2.39. The minimum absolute atomic E-state index is 0.00632. The van der Waals surface area contributed by atoms with Crippen LogP contribution in [-0.2, 0) is 9.53 Å². The predicted molar refractivity (Wildman–Crippen MR) is 86.0 cm³/mol. The third kappa shape index (κ3) is 4.77. The van der Waals surface area contributed by atoms with Crippen LogP contribution in [0.5, 0.6) is 0 Å². The average molecular weight is 331 g/mol. The van der Waals surface area contributed by atoms with Gasteiger partial charge in [0.1, 0.15) is 11.5 Å². The molecular weight excluding hydrogens is 304 g/mol. The molecule has 1 aliphatic heterocycles. The van der Waals surface area contributed by atoms with E-state index >= 15 is 0 Å². The lowest BCUT2D eigenvalue weighted by Crippen LogP contribution is -2.52. The van der Waals surface area contributed by atoms with Crippen molar-refractivity contribution in [2.45, 2.75) is 70.6 Å². The summed E-state index contributed by atoms with van der Waals surface area (Å²) in [6.07, 6.45) is 4.80. The first-order valence-electron chi connectivity index (χ1n) is 8.17. The van der Waals surface area contributed by atoms with Gasteiger partial charge in [-0.3, -0.25) is 4.79 Å². The molecule has 1 saturated heterocycles. The molecule has 1 aliphatic carbocycles. The van der Waals surface area contributed by atoms with Gasteiger partial charge in [-0.1, -0.05) is 0 Å². The lowest BCUT2D eigenvalue weighted by molar-refractivity contribution is -0.132. The highest BCUT2D eigenvalue weighted by Crippen LogP contribution is 2.30. The Hall–Kier alpha value is -0.970. The molecule has 2 fully saturated rings. The summed E-state index contributed by atoms with van der Waals surface area (Å²) < 4.78 is 5.52. The molecule has 1 atom stereocenters. The molecule has 1 saturated carbocycles. The Labute approximate surface area is 137 Å². The van der Waals surface area contributed by atoms with Gasteiger partial charge in [-0.15, -0.1) is 11.6 Å². The molecule has 0 spiro atoms. The number of nitrogens with zero attached hydrogens (tertiary/aromatic N) is 2. The van der Waals surface area contributed by atoms with Gasteiger partial charge in [-0.05, 0) is 52.9 Å². The highest BCUT2D eigenvalue weighted by atomic mass is 35.5. The van der Waals surface area contributed by atoms with Crippen LogP contribution in [0.3, 0.4) is 0 Å². The highest BCUT2D eigenvalue weighted by Gasteiger charge is 2.38. The minimum atomic E-state index is -0.498. The quantitative estimate of drug-likeness (QED) is 0.744. The molecule has 0 N–H and O–H groups in total. The van der Waals surface area contributed by atoms with E-state index in [2.05, 4.69) is 0 Å². The number of ether oxygens (including phenoxy) is 1. The van der Waals surface area contributed by atoms with Crippen molar-refractivity contribution in [1.82, 2.24) is 9.80 Å². The summed E-state index contributed by atoms with van der Waals surface area (Å²) in [5.74, 6) is -0.0295. The van der Waals surface area contributed by atoms with Crippen LogP contribution in [-0.4, -0.2) is 58.5 Å². The van der Waals surface area contributed by atoms with Gasteiger partial charge in [0, 0.05) is 25.2 Å². The molecular formula is C16H27ClN2O3. The van der Waals surface area contributed by atoms with Crippen LogP contribution in [0.15, 0.2) is 0 Å². The standard InChI is InChI=1S/C16H27ClN2O3/c1-16(2,3)22-15(21)19(12-7-8-12)11-13-6-4-5-9-18(13)14(20)10-17/h12-13H,4-11H2,1-3H3/t13-/m1/s1. The lowest BCUT2D eigenvalue weighted by atomic mass is 10.0. The molecule has 126 valence electrons. The summed E-state index contributed by atoms with van der Waals surface area (Å²) in [6.45, 7) is 6.92. The number of carbonyl (C=O) groups excluding carboxylic acids is 2. The molecule has 2 aliphatic rings. The van der Waals surface area contributed by atoms with Gasteiger partial charge < -0.3 is 14.5 Å². The van der Waals surface area contributed by atoms with Gasteiger partial charge in [-0.25, -0.2) is 4.79 Å². The van der Waals surface area contributed by atoms with Crippen molar-refractivity contribution in [1.29, 1.82) is 0 Å². The molecule has 0 bridgehead atoms. The number of rotatable bonds is 4. The Kier molecular flexibility index (Phi) is 5.59. The fourth-order valence-electron chi connectivity index (χ4n) is 2.90. The number of amides is 2. The summed E-state index contributed by atoms with van der Waals surface area (Å²) in [6, 6.07) is 0.331. The largest absolute Gasteiger partial charge is 0.444 e. The second kappa shape index (κ2) is 7.07. The van der Waals surface area contributed by atoms with E-state index in [0.717, 1.165) is 38.6 Å². The molecule has 22 heavy (non-hydrogen) atoms.